The number of nitrogens with one attached hydrogen (secondary N) is 1. The maximum atomic E-state index is 13.7. The van der Waals surface area contributed by atoms with Gasteiger partial charge in [-0.2, -0.15) is 0 Å². The Balaban J connectivity index is 2.44. The van der Waals surface area contributed by atoms with Gasteiger partial charge < -0.3 is 29.6 Å². The van der Waals surface area contributed by atoms with Crippen molar-refractivity contribution in [3.05, 3.63) is 63.1 Å². The molecule has 0 aliphatic heterocycles. The lowest BCUT2D eigenvalue weighted by Gasteiger charge is -2.17. The minimum Gasteiger partial charge on any atom is -0.491 e. The molecule has 0 aliphatic rings. The topological polar surface area (TPSA) is 127 Å². The van der Waals surface area contributed by atoms with Gasteiger partial charge in [-0.25, -0.2) is 13.6 Å². The molecular weight excluding hydrogens is 394 g/mol. The second-order valence-electron chi connectivity index (χ2n) is 5.80. The van der Waals surface area contributed by atoms with Crippen molar-refractivity contribution in [1.29, 1.82) is 0 Å². The summed E-state index contributed by atoms with van der Waals surface area (Å²) in [6.07, 6.45) is -0.998. The van der Waals surface area contributed by atoms with Gasteiger partial charge in [0, 0.05) is 24.4 Å². The van der Waals surface area contributed by atoms with Crippen molar-refractivity contribution >= 4 is 11.9 Å². The molecule has 11 heteroatoms. The third-order valence-electron chi connectivity index (χ3n) is 3.88. The van der Waals surface area contributed by atoms with Crippen LogP contribution < -0.4 is 15.5 Å². The van der Waals surface area contributed by atoms with E-state index in [9.17, 15) is 33.4 Å². The number of methoxy groups -OCH3 is 2. The zero-order valence-corrected chi connectivity index (χ0v) is 15.4. The first-order valence-electron chi connectivity index (χ1n) is 8.17. The zero-order chi connectivity index (χ0) is 21.7. The van der Waals surface area contributed by atoms with Crippen molar-refractivity contribution in [2.75, 3.05) is 14.2 Å². The Morgan fingerprint density at radius 3 is 2.48 bits per heavy atom. The normalized spacial score (nSPS) is 10.7. The van der Waals surface area contributed by atoms with Gasteiger partial charge in [-0.3, -0.25) is 9.59 Å². The van der Waals surface area contributed by atoms with Crippen molar-refractivity contribution in [3.63, 3.8) is 0 Å². The summed E-state index contributed by atoms with van der Waals surface area (Å²) in [5.74, 6) is -4.16. The Morgan fingerprint density at radius 1 is 1.24 bits per heavy atom. The molecule has 1 amide bonds. The predicted molar refractivity (Wildman–Crippen MR) is 94.3 cm³/mol. The Hall–Kier alpha value is -3.31. The second-order valence-corrected chi connectivity index (χ2v) is 5.80. The van der Waals surface area contributed by atoms with E-state index >= 15 is 0 Å². The van der Waals surface area contributed by atoms with Crippen LogP contribution in [-0.2, 0) is 17.8 Å². The number of carbonyl (C=O) groups is 2. The molecule has 0 atom stereocenters. The first kappa shape index (κ1) is 22.0. The third-order valence-corrected chi connectivity index (χ3v) is 3.88. The van der Waals surface area contributed by atoms with Gasteiger partial charge in [-0.1, -0.05) is 6.07 Å². The van der Waals surface area contributed by atoms with Crippen LogP contribution in [0.25, 0.3) is 0 Å². The van der Waals surface area contributed by atoms with E-state index in [-0.39, 0.29) is 12.1 Å². The van der Waals surface area contributed by atoms with E-state index in [4.69, 9.17) is 4.74 Å². The summed E-state index contributed by atoms with van der Waals surface area (Å²) in [6, 6.07) is 2.78. The van der Waals surface area contributed by atoms with Crippen molar-refractivity contribution in [1.82, 2.24) is 9.88 Å². The van der Waals surface area contributed by atoms with Crippen molar-refractivity contribution < 1.29 is 38.1 Å². The van der Waals surface area contributed by atoms with Gasteiger partial charge in [-0.15, -0.1) is 0 Å². The van der Waals surface area contributed by atoms with Gasteiger partial charge in [0.25, 0.3) is 5.91 Å². The molecule has 2 rings (SSSR count). The van der Waals surface area contributed by atoms with Crippen LogP contribution in [0.5, 0.6) is 5.75 Å². The number of hydrogen-bond acceptors (Lipinski definition) is 7. The molecule has 0 bridgehead atoms. The van der Waals surface area contributed by atoms with Gasteiger partial charge in [0.2, 0.25) is 5.43 Å². The number of amides is 1. The fourth-order valence-electron chi connectivity index (χ4n) is 2.55. The number of halogens is 2. The summed E-state index contributed by atoms with van der Waals surface area (Å²) < 4.78 is 37.1. The Bertz CT molecular complexity index is 989. The number of pyridine rings is 1. The highest BCUT2D eigenvalue weighted by molar-refractivity contribution is 5.96. The van der Waals surface area contributed by atoms with Crippen LogP contribution in [-0.4, -0.2) is 47.2 Å². The van der Waals surface area contributed by atoms with Crippen molar-refractivity contribution in [3.8, 4) is 5.75 Å². The van der Waals surface area contributed by atoms with Gasteiger partial charge in [0.1, 0.15) is 17.2 Å². The SMILES string of the molecule is COC(=O)c1c(OC)c(=O)c(C(=O)NCc2ccc(F)cc2F)cn1CC(O)O. The summed E-state index contributed by atoms with van der Waals surface area (Å²) in [5, 5.41) is 20.8. The lowest BCUT2D eigenvalue weighted by molar-refractivity contribution is -0.0519. The number of carbonyl (C=O) groups excluding carboxylic acids is 2. The molecule has 0 aliphatic carbocycles. The summed E-state index contributed by atoms with van der Waals surface area (Å²) >= 11 is 0. The maximum Gasteiger partial charge on any atom is 0.358 e. The van der Waals surface area contributed by atoms with Crippen LogP contribution in [0.2, 0.25) is 0 Å². The van der Waals surface area contributed by atoms with E-state index in [0.29, 0.717) is 6.07 Å². The fourth-order valence-corrected chi connectivity index (χ4v) is 2.55. The van der Waals surface area contributed by atoms with E-state index < -0.39 is 58.8 Å². The van der Waals surface area contributed by atoms with Crippen LogP contribution in [0, 0.1) is 11.6 Å². The van der Waals surface area contributed by atoms with Gasteiger partial charge in [0.05, 0.1) is 20.8 Å². The summed E-state index contributed by atoms with van der Waals surface area (Å²) in [5.41, 5.74) is -1.91. The van der Waals surface area contributed by atoms with Crippen LogP contribution in [0.4, 0.5) is 8.78 Å². The molecule has 156 valence electrons. The number of esters is 1. The smallest absolute Gasteiger partial charge is 0.358 e. The molecule has 29 heavy (non-hydrogen) atoms. The average Bonchev–Trinajstić information content (AvgIpc) is 2.66. The Kier molecular flexibility index (Phi) is 7.02. The van der Waals surface area contributed by atoms with E-state index in [1.807, 2.05) is 0 Å². The molecule has 3 N–H and O–H groups in total. The highest BCUT2D eigenvalue weighted by Crippen LogP contribution is 2.17. The lowest BCUT2D eigenvalue weighted by Crippen LogP contribution is -2.33. The Morgan fingerprint density at radius 2 is 1.93 bits per heavy atom. The maximum absolute atomic E-state index is 13.7. The highest BCUT2D eigenvalue weighted by Gasteiger charge is 2.26. The molecule has 0 saturated heterocycles. The van der Waals surface area contributed by atoms with Gasteiger partial charge >= 0.3 is 5.97 Å². The number of aromatic nitrogens is 1. The van der Waals surface area contributed by atoms with Crippen LogP contribution in [0.3, 0.4) is 0 Å². The van der Waals surface area contributed by atoms with Crippen LogP contribution in [0.15, 0.2) is 29.2 Å². The molecule has 0 unspecified atom stereocenters. The molecule has 0 spiro atoms. The van der Waals surface area contributed by atoms with Gasteiger partial charge in [0.15, 0.2) is 17.7 Å². The fraction of sp³-hybridized carbons (Fsp3) is 0.278. The van der Waals surface area contributed by atoms with E-state index in [1.165, 1.54) is 0 Å². The largest absolute Gasteiger partial charge is 0.491 e. The van der Waals surface area contributed by atoms with Crippen LogP contribution >= 0.6 is 0 Å². The molecule has 1 aromatic heterocycles. The molecular formula is C18H18F2N2O7. The van der Waals surface area contributed by atoms with Crippen molar-refractivity contribution in [2.24, 2.45) is 0 Å². The van der Waals surface area contributed by atoms with Crippen LogP contribution in [0.1, 0.15) is 26.4 Å². The number of aliphatic hydroxyl groups excluding tert-OH is 1. The summed E-state index contributed by atoms with van der Waals surface area (Å²) in [4.78, 5) is 37.1. The first-order valence-corrected chi connectivity index (χ1v) is 8.17. The minimum atomic E-state index is -1.92. The standard InChI is InChI=1S/C18H18F2N2O7/c1-28-16-14(18(27)29-2)22(8-13(23)24)7-11(15(16)25)17(26)21-6-9-3-4-10(19)5-12(9)20/h3-5,7,13,23-24H,6,8H2,1-2H3,(H,21,26). The molecule has 0 saturated carbocycles. The number of nitrogens with zero attached hydrogens (tertiary/aromatic N) is 1. The summed E-state index contributed by atoms with van der Waals surface area (Å²) in [7, 11) is 2.13. The molecule has 0 radical (unpaired) electrons. The average molecular weight is 412 g/mol. The van der Waals surface area contributed by atoms with Gasteiger partial charge in [-0.05, 0) is 6.07 Å². The van der Waals surface area contributed by atoms with E-state index in [1.54, 1.807) is 0 Å². The van der Waals surface area contributed by atoms with E-state index in [2.05, 4.69) is 10.1 Å². The number of ether oxygens (including phenoxy) is 2. The number of hydrogen-bond donors (Lipinski definition) is 3. The third kappa shape index (κ3) is 4.95. The molecule has 1 aromatic carbocycles. The first-order chi connectivity index (χ1) is 13.7. The lowest BCUT2D eigenvalue weighted by atomic mass is 10.1. The zero-order valence-electron chi connectivity index (χ0n) is 15.4. The Labute approximate surface area is 163 Å². The monoisotopic (exact) mass is 412 g/mol. The molecule has 9 nitrogen and oxygen atoms in total. The van der Waals surface area contributed by atoms with Crippen molar-refractivity contribution in [2.45, 2.75) is 19.4 Å². The number of rotatable bonds is 7. The number of benzene rings is 1. The predicted octanol–water partition coefficient (Wildman–Crippen LogP) is 0.162. The van der Waals surface area contributed by atoms with E-state index in [0.717, 1.165) is 37.1 Å². The summed E-state index contributed by atoms with van der Waals surface area (Å²) in [6.45, 7) is -0.929. The molecule has 1 heterocycles. The number of aliphatic hydroxyl groups is 2. The molecule has 2 aromatic rings. The minimum absolute atomic E-state index is 0.0241. The molecule has 0 fully saturated rings. The quantitative estimate of drug-likeness (QED) is 0.437. The highest BCUT2D eigenvalue weighted by atomic mass is 19.1. The second kappa shape index (κ2) is 9.26.